The summed E-state index contributed by atoms with van der Waals surface area (Å²) in [7, 11) is -0.0333. The van der Waals surface area contributed by atoms with Crippen molar-refractivity contribution in [3.05, 3.63) is 46.6 Å². The molecule has 15 heteroatoms. The Morgan fingerprint density at radius 2 is 1.83 bits per heavy atom. The maximum atomic E-state index is 13.8. The van der Waals surface area contributed by atoms with Crippen molar-refractivity contribution in [2.24, 2.45) is 0 Å². The van der Waals surface area contributed by atoms with Gasteiger partial charge in [-0.25, -0.2) is 23.4 Å². The Hall–Kier alpha value is -2.59. The van der Waals surface area contributed by atoms with E-state index in [1.165, 1.54) is 4.31 Å². The molecule has 3 aliphatic rings. The predicted molar refractivity (Wildman–Crippen MR) is 152 cm³/mol. The molecule has 1 unspecified atom stereocenters. The van der Waals surface area contributed by atoms with Gasteiger partial charge in [-0.1, -0.05) is 17.7 Å². The summed E-state index contributed by atoms with van der Waals surface area (Å²) in [6, 6.07) is 6.20. The molecule has 3 aliphatic heterocycles. The highest BCUT2D eigenvalue weighted by Gasteiger charge is 2.40. The molecule has 6 rings (SSSR count). The average Bonchev–Trinajstić information content (AvgIpc) is 3.57. The highest BCUT2D eigenvalue weighted by Crippen LogP contribution is 2.34. The predicted octanol–water partition coefficient (Wildman–Crippen LogP) is 2.10. The summed E-state index contributed by atoms with van der Waals surface area (Å²) < 4.78 is 41.1. The molecule has 12 nitrogen and oxygen atoms in total. The van der Waals surface area contributed by atoms with Gasteiger partial charge in [0.15, 0.2) is 0 Å². The topological polar surface area (TPSA) is 120 Å². The molecule has 2 amide bonds. The molecule has 220 valence electrons. The molecule has 41 heavy (non-hydrogen) atoms. The number of piperazine rings is 1. The van der Waals surface area contributed by atoms with Crippen molar-refractivity contribution in [3.8, 4) is 0 Å². The Morgan fingerprint density at radius 1 is 1.07 bits per heavy atom. The van der Waals surface area contributed by atoms with Crippen molar-refractivity contribution < 1.29 is 27.2 Å². The lowest BCUT2D eigenvalue weighted by molar-refractivity contribution is -0.136. The number of hydrogen-bond donors (Lipinski definition) is 0. The third kappa shape index (κ3) is 5.61. The molecule has 0 saturated carbocycles. The normalized spacial score (nSPS) is 21.4. The lowest BCUT2D eigenvalue weighted by Crippen LogP contribution is -2.58. The molecule has 3 aromatic rings. The molecule has 5 heterocycles. The molecular formula is C26H31ClN6O6S2. The number of amides is 2. The van der Waals surface area contributed by atoms with E-state index in [-0.39, 0.29) is 42.1 Å². The minimum atomic E-state index is -3.88. The Labute approximate surface area is 247 Å². The van der Waals surface area contributed by atoms with E-state index in [1.807, 2.05) is 24.1 Å². The second-order valence-electron chi connectivity index (χ2n) is 10.5. The summed E-state index contributed by atoms with van der Waals surface area (Å²) in [5.74, 6) is -0.0129. The van der Waals surface area contributed by atoms with Crippen LogP contribution in [0.1, 0.15) is 28.6 Å². The van der Waals surface area contributed by atoms with Gasteiger partial charge in [0, 0.05) is 63.0 Å². The van der Waals surface area contributed by atoms with Gasteiger partial charge in [0.2, 0.25) is 5.91 Å². The first kappa shape index (κ1) is 28.5. The van der Waals surface area contributed by atoms with Gasteiger partial charge in [-0.3, -0.25) is 9.59 Å². The number of aromatic nitrogens is 1. The van der Waals surface area contributed by atoms with Crippen molar-refractivity contribution >= 4 is 54.9 Å². The van der Waals surface area contributed by atoms with E-state index in [1.54, 1.807) is 34.1 Å². The molecular weight excluding hydrogens is 592 g/mol. The fourth-order valence-electron chi connectivity index (χ4n) is 5.38. The summed E-state index contributed by atoms with van der Waals surface area (Å²) in [6.07, 6.45) is -0.0221. The maximum absolute atomic E-state index is 13.8. The van der Waals surface area contributed by atoms with E-state index in [4.69, 9.17) is 20.8 Å². The molecule has 0 bridgehead atoms. The number of nitrogens with zero attached hydrogens (tertiary/aromatic N) is 6. The van der Waals surface area contributed by atoms with Crippen molar-refractivity contribution in [2.45, 2.75) is 29.8 Å². The van der Waals surface area contributed by atoms with Crippen molar-refractivity contribution in [1.29, 1.82) is 0 Å². The molecule has 1 atom stereocenters. The first-order valence-corrected chi connectivity index (χ1v) is 16.0. The van der Waals surface area contributed by atoms with Gasteiger partial charge in [-0.05, 0) is 23.6 Å². The number of morpholine rings is 1. The number of sulfonamides is 1. The molecule has 1 aromatic carbocycles. The van der Waals surface area contributed by atoms with Gasteiger partial charge in [-0.15, -0.1) is 11.3 Å². The first-order chi connectivity index (χ1) is 19.6. The second kappa shape index (κ2) is 11.2. The third-order valence-electron chi connectivity index (χ3n) is 7.83. The van der Waals surface area contributed by atoms with Gasteiger partial charge in [-0.2, -0.15) is 4.31 Å². The van der Waals surface area contributed by atoms with Crippen LogP contribution in [0.4, 0.5) is 0 Å². The Kier molecular flexibility index (Phi) is 7.82. The van der Waals surface area contributed by atoms with Gasteiger partial charge in [0.25, 0.3) is 15.9 Å². The van der Waals surface area contributed by atoms with Crippen LogP contribution in [0.5, 0.6) is 0 Å². The molecule has 0 aliphatic carbocycles. The van der Waals surface area contributed by atoms with E-state index in [9.17, 15) is 18.0 Å². The lowest BCUT2D eigenvalue weighted by atomic mass is 10.1. The average molecular weight is 623 g/mol. The van der Waals surface area contributed by atoms with Crippen LogP contribution in [0.2, 0.25) is 5.02 Å². The van der Waals surface area contributed by atoms with Crippen LogP contribution in [0.25, 0.3) is 10.1 Å². The van der Waals surface area contributed by atoms with E-state index in [0.717, 1.165) is 21.4 Å². The van der Waals surface area contributed by atoms with Crippen LogP contribution in [0, 0.1) is 0 Å². The molecule has 2 aromatic heterocycles. The van der Waals surface area contributed by atoms with Crippen LogP contribution in [0.3, 0.4) is 0 Å². The van der Waals surface area contributed by atoms with Crippen molar-refractivity contribution in [2.75, 3.05) is 60.0 Å². The van der Waals surface area contributed by atoms with Gasteiger partial charge in [0.05, 0.1) is 38.0 Å². The number of fused-ring (bicyclic) bond motifs is 2. The van der Waals surface area contributed by atoms with Gasteiger partial charge < -0.3 is 19.0 Å². The highest BCUT2D eigenvalue weighted by molar-refractivity contribution is 7.91. The van der Waals surface area contributed by atoms with E-state index in [0.29, 0.717) is 55.9 Å². The number of oxazole rings is 1. The number of hydrogen-bond acceptors (Lipinski definition) is 10. The summed E-state index contributed by atoms with van der Waals surface area (Å²) in [5.41, 5.74) is 0.695. The minimum Gasteiger partial charge on any atom is -0.436 e. The number of carbonyl (C=O) groups is 2. The van der Waals surface area contributed by atoms with Crippen LogP contribution in [0.15, 0.2) is 32.9 Å². The smallest absolute Gasteiger partial charge is 0.310 e. The molecule has 0 radical (unpaired) electrons. The third-order valence-corrected chi connectivity index (χ3v) is 11.5. The summed E-state index contributed by atoms with van der Waals surface area (Å²) in [4.78, 5) is 34.7. The quantitative estimate of drug-likeness (QED) is 0.421. The van der Waals surface area contributed by atoms with Crippen LogP contribution in [-0.2, 0) is 32.6 Å². The number of thiophene rings is 1. The maximum Gasteiger partial charge on any atom is 0.310 e. The van der Waals surface area contributed by atoms with Crippen LogP contribution < -0.4 is 0 Å². The standard InChI is InChI=1S/C26H31ClN6O6S2/c1-29-15-20-21(16-30(29)2)39-25(28-20)26(35)33-6-5-32(14-19(33)13-23(34)31-7-9-38-10-8-31)41(36,37)24-11-17-3-4-18(27)12-22(17)40-24/h3-4,11-12,19H,5-10,13-16H2,1-2H3. The first-order valence-electron chi connectivity index (χ1n) is 13.4. The number of rotatable bonds is 5. The van der Waals surface area contributed by atoms with Crippen molar-refractivity contribution in [1.82, 2.24) is 29.1 Å². The van der Waals surface area contributed by atoms with E-state index < -0.39 is 22.0 Å². The Morgan fingerprint density at radius 3 is 2.61 bits per heavy atom. The molecule has 0 N–H and O–H groups in total. The SMILES string of the molecule is CN1Cc2nc(C(=O)N3CCN(S(=O)(=O)c4cc5ccc(Cl)cc5s4)CC3CC(=O)N3CCOCC3)oc2CN1C. The minimum absolute atomic E-state index is 0.0221. The summed E-state index contributed by atoms with van der Waals surface area (Å²) >= 11 is 7.27. The number of hydrazine groups is 1. The fraction of sp³-hybridized carbons (Fsp3) is 0.500. The lowest BCUT2D eigenvalue weighted by Gasteiger charge is -2.40. The van der Waals surface area contributed by atoms with Crippen LogP contribution in [-0.4, -0.2) is 115 Å². The molecule has 2 fully saturated rings. The number of halogens is 1. The summed E-state index contributed by atoms with van der Waals surface area (Å²) in [6.45, 7) is 2.95. The van der Waals surface area contributed by atoms with Crippen molar-refractivity contribution in [3.63, 3.8) is 0 Å². The molecule has 0 spiro atoms. The van der Waals surface area contributed by atoms with E-state index in [2.05, 4.69) is 4.98 Å². The Balaban J connectivity index is 1.27. The second-order valence-corrected chi connectivity index (χ2v) is 14.2. The zero-order chi connectivity index (χ0) is 28.9. The zero-order valence-corrected chi connectivity index (χ0v) is 25.2. The zero-order valence-electron chi connectivity index (χ0n) is 22.8. The van der Waals surface area contributed by atoms with Gasteiger partial charge >= 0.3 is 5.91 Å². The fourth-order valence-corrected chi connectivity index (χ4v) is 8.67. The Bertz CT molecular complexity index is 1560. The van der Waals surface area contributed by atoms with E-state index >= 15 is 0 Å². The number of benzene rings is 1. The molecule has 2 saturated heterocycles. The highest BCUT2D eigenvalue weighted by atomic mass is 35.5. The van der Waals surface area contributed by atoms with Crippen LogP contribution >= 0.6 is 22.9 Å². The summed E-state index contributed by atoms with van der Waals surface area (Å²) in [5, 5.41) is 5.27. The number of carbonyl (C=O) groups excluding carboxylic acids is 2. The number of ether oxygens (including phenoxy) is 1. The monoisotopic (exact) mass is 622 g/mol. The largest absolute Gasteiger partial charge is 0.436 e. The van der Waals surface area contributed by atoms with Gasteiger partial charge in [0.1, 0.15) is 9.97 Å².